The first-order valence-electron chi connectivity index (χ1n) is 8.58. The highest BCUT2D eigenvalue weighted by molar-refractivity contribution is 9.10. The Bertz CT molecular complexity index is 880. The molecule has 0 radical (unpaired) electrons. The van der Waals surface area contributed by atoms with Crippen LogP contribution in [0.15, 0.2) is 9.63 Å². The normalized spacial score (nSPS) is 24.5. The second-order valence-corrected chi connectivity index (χ2v) is 8.74. The molecule has 0 amide bonds. The summed E-state index contributed by atoms with van der Waals surface area (Å²) in [5, 5.41) is 5.00. The first kappa shape index (κ1) is 16.2. The van der Waals surface area contributed by atoms with Crippen LogP contribution in [0, 0.1) is 5.82 Å². The lowest BCUT2D eigenvalue weighted by atomic mass is 10.0. The van der Waals surface area contributed by atoms with E-state index in [1.54, 1.807) is 11.8 Å². The molecule has 0 saturated carbocycles. The maximum absolute atomic E-state index is 15.1. The summed E-state index contributed by atoms with van der Waals surface area (Å²) in [5.41, 5.74) is 2.34. The zero-order chi connectivity index (χ0) is 17.1. The molecule has 0 aliphatic carbocycles. The Hall–Kier alpha value is -0.960. The van der Waals surface area contributed by atoms with Crippen molar-refractivity contribution in [2.24, 2.45) is 0 Å². The summed E-state index contributed by atoms with van der Waals surface area (Å²) in [7, 11) is 0. The largest absolute Gasteiger partial charge is 0.372 e. The SMILES string of the molecule is CCSc1nc(N2C[C@H]3C[C@@H]2CN3)c2c3c(c(Br)c(F)c2n1)COC3. The Kier molecular flexibility index (Phi) is 3.92. The predicted octanol–water partition coefficient (Wildman–Crippen LogP) is 3.22. The molecule has 2 bridgehead atoms. The van der Waals surface area contributed by atoms with Crippen molar-refractivity contribution >= 4 is 44.4 Å². The van der Waals surface area contributed by atoms with E-state index >= 15 is 4.39 Å². The number of ether oxygens (including phenoxy) is 1. The summed E-state index contributed by atoms with van der Waals surface area (Å²) in [4.78, 5) is 11.7. The molecule has 8 heteroatoms. The Morgan fingerprint density at radius 2 is 2.20 bits per heavy atom. The third-order valence-corrected chi connectivity index (χ3v) is 6.85. The number of hydrogen-bond acceptors (Lipinski definition) is 6. The minimum atomic E-state index is -0.302. The van der Waals surface area contributed by atoms with Crippen LogP contribution in [-0.4, -0.2) is 40.9 Å². The van der Waals surface area contributed by atoms with Crippen molar-refractivity contribution < 1.29 is 9.13 Å². The summed E-state index contributed by atoms with van der Waals surface area (Å²) in [6.45, 7) is 4.86. The van der Waals surface area contributed by atoms with Gasteiger partial charge in [-0.2, -0.15) is 0 Å². The molecule has 0 spiro atoms. The summed E-state index contributed by atoms with van der Waals surface area (Å²) in [6, 6.07) is 0.925. The Morgan fingerprint density at radius 1 is 1.36 bits per heavy atom. The van der Waals surface area contributed by atoms with Crippen LogP contribution < -0.4 is 10.2 Å². The summed E-state index contributed by atoms with van der Waals surface area (Å²) < 4.78 is 21.2. The van der Waals surface area contributed by atoms with Crippen molar-refractivity contribution in [3.63, 3.8) is 0 Å². The van der Waals surface area contributed by atoms with Crippen LogP contribution in [0.1, 0.15) is 24.5 Å². The highest BCUT2D eigenvalue weighted by Crippen LogP contribution is 2.42. The highest BCUT2D eigenvalue weighted by atomic mass is 79.9. The highest BCUT2D eigenvalue weighted by Gasteiger charge is 2.40. The van der Waals surface area contributed by atoms with Gasteiger partial charge in [-0.15, -0.1) is 0 Å². The topological polar surface area (TPSA) is 50.3 Å². The molecule has 1 aromatic carbocycles. The lowest BCUT2D eigenvalue weighted by molar-refractivity contribution is 0.134. The Labute approximate surface area is 157 Å². The van der Waals surface area contributed by atoms with Gasteiger partial charge >= 0.3 is 0 Å². The number of nitrogens with one attached hydrogen (secondary N) is 1. The number of nitrogens with zero attached hydrogens (tertiary/aromatic N) is 3. The van der Waals surface area contributed by atoms with Crippen molar-refractivity contribution in [1.82, 2.24) is 15.3 Å². The van der Waals surface area contributed by atoms with E-state index in [4.69, 9.17) is 9.72 Å². The van der Waals surface area contributed by atoms with E-state index in [0.29, 0.717) is 40.4 Å². The molecule has 2 saturated heterocycles. The average Bonchev–Trinajstić information content (AvgIpc) is 3.35. The number of piperazine rings is 1. The zero-order valence-electron chi connectivity index (χ0n) is 13.8. The second-order valence-electron chi connectivity index (χ2n) is 6.71. The van der Waals surface area contributed by atoms with Gasteiger partial charge in [0.1, 0.15) is 11.3 Å². The maximum Gasteiger partial charge on any atom is 0.190 e. The van der Waals surface area contributed by atoms with Crippen molar-refractivity contribution in [1.29, 1.82) is 0 Å². The third kappa shape index (κ3) is 2.41. The van der Waals surface area contributed by atoms with Gasteiger partial charge in [-0.3, -0.25) is 0 Å². The maximum atomic E-state index is 15.1. The number of fused-ring (bicyclic) bond motifs is 5. The fourth-order valence-electron chi connectivity index (χ4n) is 4.17. The first-order chi connectivity index (χ1) is 12.2. The number of aromatic nitrogens is 2. The fraction of sp³-hybridized carbons (Fsp3) is 0.529. The molecule has 0 unspecified atom stereocenters. The molecule has 5 rings (SSSR count). The van der Waals surface area contributed by atoms with Crippen LogP contribution in [0.25, 0.3) is 10.9 Å². The van der Waals surface area contributed by atoms with Gasteiger partial charge in [0.15, 0.2) is 11.0 Å². The van der Waals surface area contributed by atoms with Crippen molar-refractivity contribution in [2.75, 3.05) is 23.7 Å². The number of benzene rings is 1. The predicted molar refractivity (Wildman–Crippen MR) is 99.6 cm³/mol. The Balaban J connectivity index is 1.79. The number of hydrogen-bond donors (Lipinski definition) is 1. The van der Waals surface area contributed by atoms with E-state index in [1.165, 1.54) is 0 Å². The van der Waals surface area contributed by atoms with Crippen molar-refractivity contribution in [3.05, 3.63) is 21.4 Å². The molecule has 2 atom stereocenters. The van der Waals surface area contributed by atoms with Gasteiger partial charge in [0.25, 0.3) is 0 Å². The molecular formula is C17H18BrFN4OS. The zero-order valence-corrected chi connectivity index (χ0v) is 16.2. The van der Waals surface area contributed by atoms with Gasteiger partial charge < -0.3 is 15.0 Å². The number of thioether (sulfide) groups is 1. The van der Waals surface area contributed by atoms with Gasteiger partial charge in [-0.1, -0.05) is 18.7 Å². The molecule has 3 aliphatic rings. The molecule has 132 valence electrons. The van der Waals surface area contributed by atoms with Gasteiger partial charge in [0, 0.05) is 30.7 Å². The molecule has 2 aromatic rings. The molecule has 4 heterocycles. The standard InChI is InChI=1S/C17H18BrFN4OS/c1-2-25-17-21-15-12(10-6-24-7-11(10)13(18)14(15)19)16(22-17)23-5-8-3-9(23)4-20-8/h8-9,20H,2-7H2,1H3/t8-,9-/m1/s1. The van der Waals surface area contributed by atoms with E-state index < -0.39 is 0 Å². The van der Waals surface area contributed by atoms with Crippen molar-refractivity contribution in [2.45, 2.75) is 43.8 Å². The van der Waals surface area contributed by atoms with E-state index in [9.17, 15) is 0 Å². The molecule has 25 heavy (non-hydrogen) atoms. The summed E-state index contributed by atoms with van der Waals surface area (Å²) in [5.74, 6) is 1.43. The molecule has 1 aromatic heterocycles. The first-order valence-corrected chi connectivity index (χ1v) is 10.4. The minimum absolute atomic E-state index is 0.302. The summed E-state index contributed by atoms with van der Waals surface area (Å²) in [6.07, 6.45) is 1.12. The number of rotatable bonds is 3. The number of anilines is 1. The fourth-order valence-corrected chi connectivity index (χ4v) is 5.28. The van der Waals surface area contributed by atoms with Crippen LogP contribution >= 0.6 is 27.7 Å². The Morgan fingerprint density at radius 3 is 2.92 bits per heavy atom. The third-order valence-electron chi connectivity index (χ3n) is 5.30. The molecule has 3 aliphatic heterocycles. The van der Waals surface area contributed by atoms with Crippen molar-refractivity contribution in [3.8, 4) is 0 Å². The quantitative estimate of drug-likeness (QED) is 0.602. The van der Waals surface area contributed by atoms with Crippen LogP contribution in [0.5, 0.6) is 0 Å². The average molecular weight is 425 g/mol. The van der Waals surface area contributed by atoms with Gasteiger partial charge in [-0.05, 0) is 33.7 Å². The monoisotopic (exact) mass is 424 g/mol. The van der Waals surface area contributed by atoms with Gasteiger partial charge in [0.2, 0.25) is 0 Å². The molecule has 2 fully saturated rings. The summed E-state index contributed by atoms with van der Waals surface area (Å²) >= 11 is 4.96. The van der Waals surface area contributed by atoms with Crippen LogP contribution in [-0.2, 0) is 18.0 Å². The van der Waals surface area contributed by atoms with Crippen LogP contribution in [0.3, 0.4) is 0 Å². The van der Waals surface area contributed by atoms with E-state index in [2.05, 4.69) is 38.1 Å². The smallest absolute Gasteiger partial charge is 0.190 e. The van der Waals surface area contributed by atoms with Gasteiger partial charge in [-0.25, -0.2) is 14.4 Å². The van der Waals surface area contributed by atoms with E-state index in [0.717, 1.165) is 47.6 Å². The van der Waals surface area contributed by atoms with Crippen LogP contribution in [0.2, 0.25) is 0 Å². The van der Waals surface area contributed by atoms with E-state index in [-0.39, 0.29) is 5.82 Å². The lowest BCUT2D eigenvalue weighted by Crippen LogP contribution is -2.44. The minimum Gasteiger partial charge on any atom is -0.372 e. The second kappa shape index (κ2) is 6.04. The van der Waals surface area contributed by atoms with Crippen LogP contribution in [0.4, 0.5) is 10.2 Å². The number of halogens is 2. The lowest BCUT2D eigenvalue weighted by Gasteiger charge is -2.30. The van der Waals surface area contributed by atoms with E-state index in [1.807, 2.05) is 0 Å². The molecule has 1 N–H and O–H groups in total. The van der Waals surface area contributed by atoms with Gasteiger partial charge in [0.05, 0.1) is 23.1 Å². The molecular weight excluding hydrogens is 407 g/mol. The molecule has 5 nitrogen and oxygen atoms in total.